The summed E-state index contributed by atoms with van der Waals surface area (Å²) in [6, 6.07) is 15.5. The summed E-state index contributed by atoms with van der Waals surface area (Å²) in [5.74, 6) is -0.991. The van der Waals surface area contributed by atoms with Crippen molar-refractivity contribution < 1.29 is 19.1 Å². The quantitative estimate of drug-likeness (QED) is 0.681. The fourth-order valence-corrected chi connectivity index (χ4v) is 4.42. The van der Waals surface area contributed by atoms with Crippen LogP contribution in [-0.4, -0.2) is 69.1 Å². The van der Waals surface area contributed by atoms with Crippen molar-refractivity contribution in [2.75, 3.05) is 61.6 Å². The van der Waals surface area contributed by atoms with Crippen molar-refractivity contribution in [2.45, 2.75) is 19.8 Å². The van der Waals surface area contributed by atoms with Crippen molar-refractivity contribution in [2.24, 2.45) is 5.92 Å². The maximum Gasteiger partial charge on any atom is 0.243 e. The van der Waals surface area contributed by atoms with Gasteiger partial charge in [-0.1, -0.05) is 19.1 Å². The fourth-order valence-electron chi connectivity index (χ4n) is 4.42. The molecule has 8 heteroatoms. The Hall–Kier alpha value is -3.39. The Bertz CT molecular complexity index is 1020. The highest BCUT2D eigenvalue weighted by Crippen LogP contribution is 2.26. The Labute approximate surface area is 200 Å². The molecule has 2 fully saturated rings. The SMILES string of the molecule is CCc1ccc(N2CC(C(=O)N(C)CC(=O)Nc3ccc(N4CCOCC4)cc3)CC2=O)cc1. The molecule has 4 rings (SSSR count). The van der Waals surface area contributed by atoms with Gasteiger partial charge in [0.25, 0.3) is 0 Å². The first kappa shape index (κ1) is 23.8. The van der Waals surface area contributed by atoms with Crippen LogP contribution in [0.1, 0.15) is 18.9 Å². The average Bonchev–Trinajstić information content (AvgIpc) is 3.26. The van der Waals surface area contributed by atoms with E-state index in [0.717, 1.165) is 30.9 Å². The largest absolute Gasteiger partial charge is 0.378 e. The zero-order valence-corrected chi connectivity index (χ0v) is 19.8. The molecule has 1 atom stereocenters. The van der Waals surface area contributed by atoms with Crippen molar-refractivity contribution in [3.63, 3.8) is 0 Å². The molecule has 2 saturated heterocycles. The van der Waals surface area contributed by atoms with Gasteiger partial charge in [0.2, 0.25) is 17.7 Å². The molecule has 0 aromatic heterocycles. The van der Waals surface area contributed by atoms with E-state index in [-0.39, 0.29) is 30.7 Å². The molecule has 1 unspecified atom stereocenters. The Morgan fingerprint density at radius 1 is 1.03 bits per heavy atom. The van der Waals surface area contributed by atoms with Crippen LogP contribution in [-0.2, 0) is 25.5 Å². The Morgan fingerprint density at radius 2 is 1.68 bits per heavy atom. The van der Waals surface area contributed by atoms with Crippen molar-refractivity contribution in [1.29, 1.82) is 0 Å². The molecule has 2 aliphatic heterocycles. The number of hydrogen-bond acceptors (Lipinski definition) is 5. The minimum absolute atomic E-state index is 0.0687. The van der Waals surface area contributed by atoms with Crippen molar-refractivity contribution in [1.82, 2.24) is 4.90 Å². The molecule has 0 saturated carbocycles. The summed E-state index contributed by atoms with van der Waals surface area (Å²) in [7, 11) is 1.60. The minimum Gasteiger partial charge on any atom is -0.378 e. The predicted octanol–water partition coefficient (Wildman–Crippen LogP) is 2.54. The van der Waals surface area contributed by atoms with Crippen molar-refractivity contribution in [3.8, 4) is 0 Å². The van der Waals surface area contributed by atoms with Gasteiger partial charge < -0.3 is 24.8 Å². The second-order valence-corrected chi connectivity index (χ2v) is 8.81. The summed E-state index contributed by atoms with van der Waals surface area (Å²) < 4.78 is 5.38. The maximum absolute atomic E-state index is 12.9. The molecule has 2 aromatic carbocycles. The third-order valence-electron chi connectivity index (χ3n) is 6.41. The van der Waals surface area contributed by atoms with Gasteiger partial charge >= 0.3 is 0 Å². The molecule has 2 aliphatic rings. The molecule has 8 nitrogen and oxygen atoms in total. The molecule has 0 bridgehead atoms. The molecular weight excluding hydrogens is 432 g/mol. The van der Waals surface area contributed by atoms with Gasteiger partial charge in [0, 0.05) is 50.2 Å². The van der Waals surface area contributed by atoms with Crippen molar-refractivity contribution in [3.05, 3.63) is 54.1 Å². The molecule has 2 aromatic rings. The Balaban J connectivity index is 1.29. The molecule has 0 radical (unpaired) electrons. The van der Waals surface area contributed by atoms with E-state index >= 15 is 0 Å². The maximum atomic E-state index is 12.9. The lowest BCUT2D eigenvalue weighted by Crippen LogP contribution is -2.39. The molecule has 1 N–H and O–H groups in total. The normalized spacial score (nSPS) is 18.2. The van der Waals surface area contributed by atoms with E-state index in [1.807, 2.05) is 48.5 Å². The van der Waals surface area contributed by atoms with Crippen LogP contribution in [0.5, 0.6) is 0 Å². The lowest BCUT2D eigenvalue weighted by Gasteiger charge is -2.29. The number of morpholine rings is 1. The summed E-state index contributed by atoms with van der Waals surface area (Å²) in [6.07, 6.45) is 1.09. The highest BCUT2D eigenvalue weighted by molar-refractivity contribution is 6.01. The van der Waals surface area contributed by atoms with Gasteiger partial charge in [0.15, 0.2) is 0 Å². The number of rotatable bonds is 7. The van der Waals surface area contributed by atoms with E-state index < -0.39 is 5.92 Å². The van der Waals surface area contributed by atoms with Crippen LogP contribution in [0.4, 0.5) is 17.1 Å². The number of nitrogens with zero attached hydrogens (tertiary/aromatic N) is 3. The van der Waals surface area contributed by atoms with Crippen LogP contribution in [0.3, 0.4) is 0 Å². The van der Waals surface area contributed by atoms with E-state index in [0.29, 0.717) is 25.4 Å². The molecule has 0 spiro atoms. The van der Waals surface area contributed by atoms with Gasteiger partial charge in [-0.2, -0.15) is 0 Å². The zero-order valence-electron chi connectivity index (χ0n) is 19.8. The number of benzene rings is 2. The van der Waals surface area contributed by atoms with Crippen LogP contribution in [0.2, 0.25) is 0 Å². The number of nitrogens with one attached hydrogen (secondary N) is 1. The second kappa shape index (κ2) is 10.7. The minimum atomic E-state index is -0.455. The number of anilines is 3. The van der Waals surface area contributed by atoms with Crippen LogP contribution >= 0.6 is 0 Å². The Morgan fingerprint density at radius 3 is 2.32 bits per heavy atom. The summed E-state index contributed by atoms with van der Waals surface area (Å²) in [5, 5.41) is 2.85. The van der Waals surface area contributed by atoms with Crippen LogP contribution in [0.15, 0.2) is 48.5 Å². The highest BCUT2D eigenvalue weighted by Gasteiger charge is 2.36. The van der Waals surface area contributed by atoms with E-state index in [4.69, 9.17) is 4.74 Å². The molecular formula is C26H32N4O4. The molecule has 34 heavy (non-hydrogen) atoms. The van der Waals surface area contributed by atoms with Crippen LogP contribution < -0.4 is 15.1 Å². The number of carbonyl (C=O) groups excluding carboxylic acids is 3. The van der Waals surface area contributed by atoms with Gasteiger partial charge in [-0.05, 0) is 48.4 Å². The fraction of sp³-hybridized carbons (Fsp3) is 0.423. The summed E-state index contributed by atoms with van der Waals surface area (Å²) >= 11 is 0. The number of hydrogen-bond donors (Lipinski definition) is 1. The molecule has 0 aliphatic carbocycles. The summed E-state index contributed by atoms with van der Waals surface area (Å²) in [4.78, 5) is 43.3. The standard InChI is InChI=1S/C26H32N4O4/c1-3-19-4-8-23(9-5-19)30-17-20(16-25(30)32)26(33)28(2)18-24(31)27-21-6-10-22(11-7-21)29-12-14-34-15-13-29/h4-11,20H,3,12-18H2,1-2H3,(H,27,31). The molecule has 3 amide bonds. The third-order valence-corrected chi connectivity index (χ3v) is 6.41. The number of aryl methyl sites for hydroxylation is 1. The van der Waals surface area contributed by atoms with Crippen LogP contribution in [0.25, 0.3) is 0 Å². The van der Waals surface area contributed by atoms with Gasteiger partial charge in [0.1, 0.15) is 0 Å². The van der Waals surface area contributed by atoms with Gasteiger partial charge in [0.05, 0.1) is 25.7 Å². The van der Waals surface area contributed by atoms with Crippen LogP contribution in [0, 0.1) is 5.92 Å². The summed E-state index contributed by atoms with van der Waals surface area (Å²) in [5.41, 5.74) is 3.77. The average molecular weight is 465 g/mol. The first-order valence-corrected chi connectivity index (χ1v) is 11.8. The van der Waals surface area contributed by atoms with E-state index in [9.17, 15) is 14.4 Å². The highest BCUT2D eigenvalue weighted by atomic mass is 16.5. The molecule has 2 heterocycles. The lowest BCUT2D eigenvalue weighted by atomic mass is 10.1. The number of likely N-dealkylation sites (N-methyl/N-ethyl adjacent to an activating group) is 1. The van der Waals surface area contributed by atoms with Crippen molar-refractivity contribution >= 4 is 34.8 Å². The summed E-state index contributed by atoms with van der Waals surface area (Å²) in [6.45, 7) is 5.48. The first-order chi connectivity index (χ1) is 16.4. The second-order valence-electron chi connectivity index (χ2n) is 8.81. The molecule has 180 valence electrons. The predicted molar refractivity (Wildman–Crippen MR) is 132 cm³/mol. The monoisotopic (exact) mass is 464 g/mol. The van der Waals surface area contributed by atoms with E-state index in [2.05, 4.69) is 17.1 Å². The smallest absolute Gasteiger partial charge is 0.243 e. The van der Waals surface area contributed by atoms with Gasteiger partial charge in [-0.25, -0.2) is 0 Å². The third kappa shape index (κ3) is 5.56. The number of amides is 3. The van der Waals surface area contributed by atoms with Gasteiger partial charge in [-0.3, -0.25) is 14.4 Å². The van der Waals surface area contributed by atoms with E-state index in [1.54, 1.807) is 11.9 Å². The first-order valence-electron chi connectivity index (χ1n) is 11.8. The number of carbonyl (C=O) groups is 3. The zero-order chi connectivity index (χ0) is 24.1. The number of ether oxygens (including phenoxy) is 1. The lowest BCUT2D eigenvalue weighted by molar-refractivity contribution is -0.137. The Kier molecular flexibility index (Phi) is 7.47. The van der Waals surface area contributed by atoms with Gasteiger partial charge in [-0.15, -0.1) is 0 Å². The van der Waals surface area contributed by atoms with E-state index in [1.165, 1.54) is 10.5 Å². The topological polar surface area (TPSA) is 82.2 Å².